The Hall–Kier alpha value is 0. The van der Waals surface area contributed by atoms with Crippen LogP contribution in [0.1, 0.15) is 186 Å². The molecule has 0 aromatic rings. The summed E-state index contributed by atoms with van der Waals surface area (Å²) in [6, 6.07) is 0. The fraction of sp³-hybridized carbons (Fsp3) is 1.00. The maximum absolute atomic E-state index is 2.12. The number of rotatable bonds is 0. The summed E-state index contributed by atoms with van der Waals surface area (Å²) in [7, 11) is 0. The Morgan fingerprint density at radius 2 is 0.185 bits per heavy atom. The van der Waals surface area contributed by atoms with Gasteiger partial charge in [0.05, 0.1) is 0 Å². The summed E-state index contributed by atoms with van der Waals surface area (Å²) in [5, 5.41) is 0. The highest BCUT2D eigenvalue weighted by Crippen LogP contribution is 1.58. The average Bonchev–Trinajstić information content (AvgIpc) is 2.35. The van der Waals surface area contributed by atoms with Crippen LogP contribution in [0.5, 0.6) is 0 Å². The van der Waals surface area contributed by atoms with Crippen molar-refractivity contribution >= 4 is 0 Å². The molecule has 0 heteroatoms. The molecule has 0 aliphatic carbocycles. The number of hydrogen-bond donors (Lipinski definition) is 0. The van der Waals surface area contributed by atoms with Gasteiger partial charge in [-0.05, 0) is 0 Å². The van der Waals surface area contributed by atoms with Gasteiger partial charge in [-0.2, -0.15) is 0 Å². The van der Waals surface area contributed by atoms with Crippen molar-refractivity contribution < 1.29 is 0 Å². The minimum atomic E-state index is 0. The Bertz CT molecular complexity index is 19.7. The monoisotopic (exact) mass is 405 g/mol. The molecule has 0 N–H and O–H groups in total. The van der Waals surface area contributed by atoms with Crippen LogP contribution < -0.4 is 0 Å². The van der Waals surface area contributed by atoms with E-state index in [1.54, 1.807) is 0 Å². The Morgan fingerprint density at radius 3 is 0.185 bits per heavy atom. The summed E-state index contributed by atoms with van der Waals surface area (Å²) >= 11 is 0. The van der Waals surface area contributed by atoms with Crippen LogP contribution in [-0.2, 0) is 0 Å². The fourth-order valence-electron chi connectivity index (χ4n) is 0. The number of hydrogen-bond acceptors (Lipinski definition) is 0. The SMILES string of the molecule is C.C.C.C.C.C.CCC.CCC.CCC.CCC.CCC.CCC.CCC. The van der Waals surface area contributed by atoms with Crippen molar-refractivity contribution in [3.63, 3.8) is 0 Å². The highest BCUT2D eigenvalue weighted by molar-refractivity contribution is 3.94. The predicted octanol–water partition coefficient (Wildman–Crippen LogP) is 13.7. The van der Waals surface area contributed by atoms with Crippen LogP contribution in [0.4, 0.5) is 0 Å². The van der Waals surface area contributed by atoms with Gasteiger partial charge < -0.3 is 0 Å². The normalized spacial score (nSPS) is 4.67. The summed E-state index contributed by atoms with van der Waals surface area (Å²) in [6.07, 6.45) is 8.75. The Kier molecular flexibility index (Phi) is 1140. The maximum Gasteiger partial charge on any atom is -0.0590 e. The van der Waals surface area contributed by atoms with E-state index in [-0.39, 0.29) is 44.6 Å². The average molecular weight is 405 g/mol. The Balaban J connectivity index is -0.00000000742. The first-order valence-electron chi connectivity index (χ1n) is 9.90. The lowest BCUT2D eigenvalue weighted by Gasteiger charge is -1.48. The lowest BCUT2D eigenvalue weighted by Crippen LogP contribution is -1.27. The third-order valence-corrected chi connectivity index (χ3v) is 0. The van der Waals surface area contributed by atoms with Crippen LogP contribution in [0, 0.1) is 0 Å². The second-order valence-electron chi connectivity index (χ2n) is 4.95. The van der Waals surface area contributed by atoms with Crippen molar-refractivity contribution in [2.24, 2.45) is 0 Å². The van der Waals surface area contributed by atoms with Gasteiger partial charge in [-0.25, -0.2) is 0 Å². The van der Waals surface area contributed by atoms with Crippen LogP contribution in [0.25, 0.3) is 0 Å². The first-order chi connectivity index (χ1) is 9.90. The third kappa shape index (κ3) is 0. The smallest absolute Gasteiger partial charge is 0.0590 e. The Morgan fingerprint density at radius 1 is 0.185 bits per heavy atom. The molecule has 188 valence electrons. The summed E-state index contributed by atoms with van der Waals surface area (Å²) in [6.45, 7) is 29.8. The van der Waals surface area contributed by atoms with Crippen LogP contribution in [0.3, 0.4) is 0 Å². The quantitative estimate of drug-likeness (QED) is 0.376. The maximum atomic E-state index is 2.12. The van der Waals surface area contributed by atoms with Gasteiger partial charge in [0.1, 0.15) is 0 Å². The van der Waals surface area contributed by atoms with Crippen molar-refractivity contribution in [3.05, 3.63) is 0 Å². The molecule has 0 spiro atoms. The third-order valence-electron chi connectivity index (χ3n) is 0. The zero-order chi connectivity index (χ0) is 18.9. The van der Waals surface area contributed by atoms with Gasteiger partial charge in [0.15, 0.2) is 0 Å². The highest BCUT2D eigenvalue weighted by atomic mass is 13.4. The van der Waals surface area contributed by atoms with Gasteiger partial charge in [0.25, 0.3) is 0 Å². The van der Waals surface area contributed by atoms with Crippen molar-refractivity contribution in [1.82, 2.24) is 0 Å². The van der Waals surface area contributed by atoms with Crippen molar-refractivity contribution in [1.29, 1.82) is 0 Å². The van der Waals surface area contributed by atoms with Crippen molar-refractivity contribution in [2.75, 3.05) is 0 Å². The molecule has 0 aliphatic heterocycles. The fourth-order valence-corrected chi connectivity index (χ4v) is 0. The summed E-state index contributed by atoms with van der Waals surface area (Å²) in [5.74, 6) is 0. The van der Waals surface area contributed by atoms with E-state index in [1.165, 1.54) is 44.9 Å². The molecule has 0 amide bonds. The molecule has 0 aliphatic rings. The van der Waals surface area contributed by atoms with E-state index in [9.17, 15) is 0 Å². The molecule has 0 aromatic heterocycles. The van der Waals surface area contributed by atoms with Crippen LogP contribution in [0.2, 0.25) is 0 Å². The summed E-state index contributed by atoms with van der Waals surface area (Å²) < 4.78 is 0. The lowest BCUT2D eigenvalue weighted by molar-refractivity contribution is 1.09. The zero-order valence-corrected chi connectivity index (χ0v) is 18.9. The van der Waals surface area contributed by atoms with Crippen molar-refractivity contribution in [2.45, 2.75) is 186 Å². The van der Waals surface area contributed by atoms with Gasteiger partial charge in [-0.1, -0.05) is 186 Å². The van der Waals surface area contributed by atoms with E-state index in [1.807, 2.05) is 0 Å². The van der Waals surface area contributed by atoms with Crippen LogP contribution in [0.15, 0.2) is 0 Å². The first-order valence-corrected chi connectivity index (χ1v) is 9.90. The summed E-state index contributed by atoms with van der Waals surface area (Å²) in [4.78, 5) is 0. The van der Waals surface area contributed by atoms with Crippen LogP contribution >= 0.6 is 0 Å². The molecule has 27 heavy (non-hydrogen) atoms. The minimum Gasteiger partial charge on any atom is -0.0776 e. The molecule has 0 fully saturated rings. The molecule has 0 atom stereocenters. The topological polar surface area (TPSA) is 0 Å². The minimum absolute atomic E-state index is 0. The standard InChI is InChI=1S/7C3H8.6CH4/c7*1-3-2;;;;;;/h7*3H2,1-2H3;6*1H4. The molecule has 0 radical (unpaired) electrons. The molecular formula is C27H80. The van der Waals surface area contributed by atoms with E-state index >= 15 is 0 Å². The van der Waals surface area contributed by atoms with Gasteiger partial charge in [0.2, 0.25) is 0 Å². The molecule has 0 bridgehead atoms. The van der Waals surface area contributed by atoms with Gasteiger partial charge in [0, 0.05) is 0 Å². The van der Waals surface area contributed by atoms with E-state index in [0.717, 1.165) is 0 Å². The van der Waals surface area contributed by atoms with Crippen LogP contribution in [-0.4, -0.2) is 0 Å². The Labute approximate surface area is 186 Å². The molecule has 0 saturated carbocycles. The largest absolute Gasteiger partial charge is 0.0776 e. The summed E-state index contributed by atoms with van der Waals surface area (Å²) in [5.41, 5.74) is 0. The van der Waals surface area contributed by atoms with Gasteiger partial charge in [-0.15, -0.1) is 0 Å². The van der Waals surface area contributed by atoms with Crippen molar-refractivity contribution in [3.8, 4) is 0 Å². The van der Waals surface area contributed by atoms with Gasteiger partial charge in [-0.3, -0.25) is 0 Å². The van der Waals surface area contributed by atoms with E-state index in [2.05, 4.69) is 96.9 Å². The molecule has 0 unspecified atom stereocenters. The molecule has 0 rings (SSSR count). The van der Waals surface area contributed by atoms with E-state index in [4.69, 9.17) is 0 Å². The molecule has 0 aromatic carbocycles. The predicted molar refractivity (Wildman–Crippen MR) is 152 cm³/mol. The zero-order valence-electron chi connectivity index (χ0n) is 18.9. The molecule has 0 nitrogen and oxygen atoms in total. The highest BCUT2D eigenvalue weighted by Gasteiger charge is 1.37. The van der Waals surface area contributed by atoms with E-state index in [0.29, 0.717) is 0 Å². The van der Waals surface area contributed by atoms with E-state index < -0.39 is 0 Å². The lowest BCUT2D eigenvalue weighted by atomic mass is 10.6. The molecular weight excluding hydrogens is 324 g/mol. The molecule has 0 heterocycles. The van der Waals surface area contributed by atoms with Gasteiger partial charge >= 0.3 is 0 Å². The molecule has 0 saturated heterocycles. The first kappa shape index (κ1) is 93.1. The second kappa shape index (κ2) is 332. The second-order valence-corrected chi connectivity index (χ2v) is 4.95.